The van der Waals surface area contributed by atoms with Crippen molar-refractivity contribution in [1.82, 2.24) is 5.32 Å². The molecular formula is C19H13N5O7S. The minimum absolute atomic E-state index is 0.122. The highest BCUT2D eigenvalue weighted by Crippen LogP contribution is 2.23. The topological polar surface area (TPSA) is 170 Å². The molecule has 0 saturated carbocycles. The molecule has 1 aromatic heterocycles. The van der Waals surface area contributed by atoms with Crippen molar-refractivity contribution >= 4 is 51.9 Å². The van der Waals surface area contributed by atoms with Crippen molar-refractivity contribution in [3.63, 3.8) is 0 Å². The summed E-state index contributed by atoms with van der Waals surface area (Å²) in [5.74, 6) is -1.22. The van der Waals surface area contributed by atoms with E-state index in [0.29, 0.717) is 11.4 Å². The quantitative estimate of drug-likeness (QED) is 0.286. The number of amides is 2. The van der Waals surface area contributed by atoms with E-state index in [4.69, 9.17) is 16.6 Å². The number of anilines is 2. The second-order valence-electron chi connectivity index (χ2n) is 6.17. The lowest BCUT2D eigenvalue weighted by Crippen LogP contribution is -2.34. The Balaban J connectivity index is 1.68. The summed E-state index contributed by atoms with van der Waals surface area (Å²) in [6, 6.07) is 12.0. The molecule has 3 N–H and O–H groups in total. The Morgan fingerprint density at radius 3 is 2.03 bits per heavy atom. The van der Waals surface area contributed by atoms with Crippen LogP contribution in [0.5, 0.6) is 0 Å². The lowest BCUT2D eigenvalue weighted by atomic mass is 10.1. The van der Waals surface area contributed by atoms with Gasteiger partial charge in [-0.25, -0.2) is 0 Å². The number of thiocarbonyl (C=S) groups is 1. The monoisotopic (exact) mass is 455 g/mol. The van der Waals surface area contributed by atoms with Gasteiger partial charge < -0.3 is 15.1 Å². The van der Waals surface area contributed by atoms with Crippen molar-refractivity contribution in [2.45, 2.75) is 0 Å². The molecule has 32 heavy (non-hydrogen) atoms. The molecule has 2 aromatic carbocycles. The summed E-state index contributed by atoms with van der Waals surface area (Å²) in [6.45, 7) is 0. The molecule has 0 fully saturated rings. The molecular weight excluding hydrogens is 442 g/mol. The van der Waals surface area contributed by atoms with Crippen LogP contribution in [-0.2, 0) is 0 Å². The Morgan fingerprint density at radius 2 is 1.47 bits per heavy atom. The van der Waals surface area contributed by atoms with E-state index >= 15 is 0 Å². The number of non-ortho nitro benzene ring substituents is 2. The molecule has 0 spiro atoms. The summed E-state index contributed by atoms with van der Waals surface area (Å²) < 4.78 is 5.01. The highest BCUT2D eigenvalue weighted by Gasteiger charge is 2.20. The molecule has 2 amide bonds. The number of nitrogens with zero attached hydrogens (tertiary/aromatic N) is 2. The molecule has 0 saturated heterocycles. The van der Waals surface area contributed by atoms with Crippen LogP contribution < -0.4 is 16.0 Å². The fourth-order valence-corrected chi connectivity index (χ4v) is 2.76. The third-order valence-corrected chi connectivity index (χ3v) is 4.14. The van der Waals surface area contributed by atoms with E-state index in [0.717, 1.165) is 18.2 Å². The first-order chi connectivity index (χ1) is 15.2. The van der Waals surface area contributed by atoms with E-state index in [1.165, 1.54) is 18.4 Å². The fraction of sp³-hybridized carbons (Fsp3) is 0. The fourth-order valence-electron chi connectivity index (χ4n) is 2.55. The molecule has 0 atom stereocenters. The molecule has 3 aromatic rings. The molecule has 12 nitrogen and oxygen atoms in total. The Hall–Kier alpha value is -4.65. The van der Waals surface area contributed by atoms with Gasteiger partial charge in [-0.05, 0) is 42.5 Å². The zero-order valence-electron chi connectivity index (χ0n) is 15.9. The Bertz CT molecular complexity index is 1190. The molecule has 0 aliphatic rings. The standard InChI is InChI=1S/C19H13N5O7S/c25-17(11-7-14(23(27)28)10-15(8-11)24(29)30)22-19(32)21-13-4-1-3-12(9-13)20-18(26)16-5-2-6-31-16/h1-10H,(H,20,26)(H2,21,22,25,32). The second kappa shape index (κ2) is 9.44. The second-order valence-corrected chi connectivity index (χ2v) is 6.58. The average molecular weight is 455 g/mol. The Labute approximate surface area is 184 Å². The summed E-state index contributed by atoms with van der Waals surface area (Å²) in [5, 5.41) is 29.4. The summed E-state index contributed by atoms with van der Waals surface area (Å²) in [7, 11) is 0. The predicted octanol–water partition coefficient (Wildman–Crippen LogP) is 3.48. The summed E-state index contributed by atoms with van der Waals surface area (Å²) in [6.07, 6.45) is 1.37. The molecule has 162 valence electrons. The van der Waals surface area contributed by atoms with Gasteiger partial charge in [-0.15, -0.1) is 0 Å². The highest BCUT2D eigenvalue weighted by atomic mass is 32.1. The summed E-state index contributed by atoms with van der Waals surface area (Å²) in [4.78, 5) is 44.7. The van der Waals surface area contributed by atoms with Gasteiger partial charge in [0.15, 0.2) is 10.9 Å². The molecule has 0 unspecified atom stereocenters. The molecule has 0 aliphatic heterocycles. The van der Waals surface area contributed by atoms with Crippen LogP contribution in [0, 0.1) is 20.2 Å². The number of carbonyl (C=O) groups is 2. The number of hydrogen-bond donors (Lipinski definition) is 3. The lowest BCUT2D eigenvalue weighted by molar-refractivity contribution is -0.394. The van der Waals surface area contributed by atoms with Crippen LogP contribution in [0.4, 0.5) is 22.7 Å². The maximum Gasteiger partial charge on any atom is 0.291 e. The van der Waals surface area contributed by atoms with E-state index in [9.17, 15) is 29.8 Å². The largest absolute Gasteiger partial charge is 0.459 e. The van der Waals surface area contributed by atoms with Gasteiger partial charge in [-0.3, -0.25) is 35.1 Å². The van der Waals surface area contributed by atoms with Crippen LogP contribution in [0.15, 0.2) is 65.3 Å². The molecule has 13 heteroatoms. The first-order valence-corrected chi connectivity index (χ1v) is 9.15. The van der Waals surface area contributed by atoms with Crippen molar-refractivity contribution in [2.75, 3.05) is 10.6 Å². The third kappa shape index (κ3) is 5.48. The van der Waals surface area contributed by atoms with Gasteiger partial charge in [0.1, 0.15) is 0 Å². The number of furan rings is 1. The van der Waals surface area contributed by atoms with Gasteiger partial charge in [0.2, 0.25) is 0 Å². The van der Waals surface area contributed by atoms with Crippen LogP contribution in [-0.4, -0.2) is 26.8 Å². The van der Waals surface area contributed by atoms with Crippen molar-refractivity contribution in [1.29, 1.82) is 0 Å². The van der Waals surface area contributed by atoms with Gasteiger partial charge in [-0.2, -0.15) is 0 Å². The zero-order chi connectivity index (χ0) is 23.3. The van der Waals surface area contributed by atoms with Gasteiger partial charge in [0.05, 0.1) is 27.7 Å². The van der Waals surface area contributed by atoms with Crippen molar-refractivity contribution in [3.8, 4) is 0 Å². The van der Waals surface area contributed by atoms with Crippen LogP contribution >= 0.6 is 12.2 Å². The van der Waals surface area contributed by atoms with Crippen molar-refractivity contribution in [2.24, 2.45) is 0 Å². The van der Waals surface area contributed by atoms with E-state index in [1.807, 2.05) is 0 Å². The van der Waals surface area contributed by atoms with Crippen LogP contribution in [0.2, 0.25) is 0 Å². The molecule has 0 aliphatic carbocycles. The van der Waals surface area contributed by atoms with Gasteiger partial charge in [-0.1, -0.05) is 6.07 Å². The van der Waals surface area contributed by atoms with Gasteiger partial charge >= 0.3 is 0 Å². The van der Waals surface area contributed by atoms with Crippen molar-refractivity contribution in [3.05, 3.63) is 92.4 Å². The smallest absolute Gasteiger partial charge is 0.291 e. The normalized spacial score (nSPS) is 10.1. The third-order valence-electron chi connectivity index (χ3n) is 3.94. The van der Waals surface area contributed by atoms with E-state index < -0.39 is 33.0 Å². The van der Waals surface area contributed by atoms with Gasteiger partial charge in [0.25, 0.3) is 23.2 Å². The highest BCUT2D eigenvalue weighted by molar-refractivity contribution is 7.80. The number of nitrogens with one attached hydrogen (secondary N) is 3. The van der Waals surface area contributed by atoms with Crippen LogP contribution in [0.25, 0.3) is 0 Å². The van der Waals surface area contributed by atoms with Gasteiger partial charge in [0, 0.05) is 23.5 Å². The number of carbonyl (C=O) groups excluding carboxylic acids is 2. The SMILES string of the molecule is O=C(NC(=S)Nc1cccc(NC(=O)c2ccco2)c1)c1cc([N+](=O)[O-])cc([N+](=O)[O-])c1. The predicted molar refractivity (Wildman–Crippen MR) is 117 cm³/mol. The number of rotatable bonds is 6. The maximum atomic E-state index is 12.4. The average Bonchev–Trinajstić information content (AvgIpc) is 3.28. The number of hydrogen-bond acceptors (Lipinski definition) is 8. The lowest BCUT2D eigenvalue weighted by Gasteiger charge is -2.11. The first-order valence-electron chi connectivity index (χ1n) is 8.74. The van der Waals surface area contributed by atoms with Crippen molar-refractivity contribution < 1.29 is 23.9 Å². The first kappa shape index (κ1) is 22.0. The molecule has 1 heterocycles. The Kier molecular flexibility index (Phi) is 6.50. The summed E-state index contributed by atoms with van der Waals surface area (Å²) >= 11 is 5.06. The zero-order valence-corrected chi connectivity index (χ0v) is 16.8. The Morgan fingerprint density at radius 1 is 0.844 bits per heavy atom. The van der Waals surface area contributed by atoms with Crippen LogP contribution in [0.3, 0.4) is 0 Å². The maximum absolute atomic E-state index is 12.4. The molecule has 0 bridgehead atoms. The minimum atomic E-state index is -0.878. The molecule has 0 radical (unpaired) electrons. The molecule has 3 rings (SSSR count). The minimum Gasteiger partial charge on any atom is -0.459 e. The van der Waals surface area contributed by atoms with E-state index in [1.54, 1.807) is 24.3 Å². The van der Waals surface area contributed by atoms with E-state index in [-0.39, 0.29) is 16.4 Å². The van der Waals surface area contributed by atoms with Crippen LogP contribution in [0.1, 0.15) is 20.9 Å². The summed E-state index contributed by atoms with van der Waals surface area (Å²) in [5.41, 5.74) is -0.696. The number of nitro groups is 2. The van der Waals surface area contributed by atoms with E-state index in [2.05, 4.69) is 16.0 Å². The number of nitro benzene ring substituents is 2. The number of benzene rings is 2.